The molecule has 0 spiro atoms. The average Bonchev–Trinajstić information content (AvgIpc) is 2.53. The summed E-state index contributed by atoms with van der Waals surface area (Å²) in [7, 11) is 0. The molecule has 1 heterocycles. The van der Waals surface area contributed by atoms with Crippen molar-refractivity contribution >= 4 is 5.91 Å². The summed E-state index contributed by atoms with van der Waals surface area (Å²) in [5.41, 5.74) is 4.18. The molecule has 5 heteroatoms. The first-order valence-electron chi connectivity index (χ1n) is 6.90. The molecule has 20 heavy (non-hydrogen) atoms. The third-order valence-electron chi connectivity index (χ3n) is 4.11. The highest BCUT2D eigenvalue weighted by Crippen LogP contribution is 2.28. The summed E-state index contributed by atoms with van der Waals surface area (Å²) < 4.78 is 0. The summed E-state index contributed by atoms with van der Waals surface area (Å²) in [5.74, 6) is 5.54. The van der Waals surface area contributed by atoms with Gasteiger partial charge in [0.15, 0.2) is 0 Å². The van der Waals surface area contributed by atoms with E-state index < -0.39 is 0 Å². The van der Waals surface area contributed by atoms with E-state index in [1.54, 1.807) is 0 Å². The van der Waals surface area contributed by atoms with Gasteiger partial charge in [0.1, 0.15) is 0 Å². The molecular weight excluding hydrogens is 252 g/mol. The number of carbonyl (C=O) groups is 1. The molecule has 2 rings (SSSR count). The van der Waals surface area contributed by atoms with E-state index in [1.165, 1.54) is 5.56 Å². The highest BCUT2D eigenvalue weighted by molar-refractivity contribution is 5.80. The summed E-state index contributed by atoms with van der Waals surface area (Å²) >= 11 is 0. The second-order valence-electron chi connectivity index (χ2n) is 5.23. The lowest BCUT2D eigenvalue weighted by Gasteiger charge is -2.35. The van der Waals surface area contributed by atoms with Gasteiger partial charge in [-0.2, -0.15) is 5.26 Å². The first-order chi connectivity index (χ1) is 9.65. The number of hydrogen-bond acceptors (Lipinski definition) is 4. The van der Waals surface area contributed by atoms with E-state index in [-0.39, 0.29) is 11.9 Å². The lowest BCUT2D eigenvalue weighted by molar-refractivity contribution is -0.126. The standard InChI is InChI=1S/C15H20N4O/c1-11(15(20)18-17)19-8-6-14(7-9-19)13-4-2-12(10-16)3-5-13/h2-5,11,14H,6-9,17H2,1H3,(H,18,20). The van der Waals surface area contributed by atoms with E-state index in [0.717, 1.165) is 25.9 Å². The SMILES string of the molecule is CC(C(=O)NN)N1CCC(c2ccc(C#N)cc2)CC1. The quantitative estimate of drug-likeness (QED) is 0.491. The molecule has 1 atom stereocenters. The molecule has 1 aromatic rings. The van der Waals surface area contributed by atoms with E-state index >= 15 is 0 Å². The summed E-state index contributed by atoms with van der Waals surface area (Å²) in [6, 6.07) is 9.76. The van der Waals surface area contributed by atoms with Gasteiger partial charge in [-0.05, 0) is 56.5 Å². The molecule has 5 nitrogen and oxygen atoms in total. The molecule has 106 valence electrons. The lowest BCUT2D eigenvalue weighted by Crippen LogP contribution is -2.49. The Bertz CT molecular complexity index is 498. The largest absolute Gasteiger partial charge is 0.293 e. The number of carbonyl (C=O) groups excluding carboxylic acids is 1. The van der Waals surface area contributed by atoms with E-state index in [4.69, 9.17) is 11.1 Å². The predicted octanol–water partition coefficient (Wildman–Crippen LogP) is 1.12. The maximum absolute atomic E-state index is 11.5. The first-order valence-corrected chi connectivity index (χ1v) is 6.90. The third-order valence-corrected chi connectivity index (χ3v) is 4.11. The Hall–Kier alpha value is -1.90. The number of hydrazine groups is 1. The number of benzene rings is 1. The smallest absolute Gasteiger partial charge is 0.250 e. The number of nitrogens with zero attached hydrogens (tertiary/aromatic N) is 2. The second-order valence-corrected chi connectivity index (χ2v) is 5.23. The van der Waals surface area contributed by atoms with Crippen molar-refractivity contribution in [2.75, 3.05) is 13.1 Å². The monoisotopic (exact) mass is 272 g/mol. The van der Waals surface area contributed by atoms with Crippen LogP contribution in [0.2, 0.25) is 0 Å². The lowest BCUT2D eigenvalue weighted by atomic mass is 9.88. The molecule has 0 bridgehead atoms. The molecule has 1 saturated heterocycles. The zero-order valence-corrected chi connectivity index (χ0v) is 11.7. The predicted molar refractivity (Wildman–Crippen MR) is 76.5 cm³/mol. The number of piperidine rings is 1. The number of amides is 1. The zero-order chi connectivity index (χ0) is 14.5. The van der Waals surface area contributed by atoms with Crippen molar-refractivity contribution in [1.29, 1.82) is 5.26 Å². The van der Waals surface area contributed by atoms with Crippen LogP contribution in [-0.4, -0.2) is 29.9 Å². The number of nitrogens with one attached hydrogen (secondary N) is 1. The minimum Gasteiger partial charge on any atom is -0.293 e. The van der Waals surface area contributed by atoms with E-state index in [0.29, 0.717) is 11.5 Å². The van der Waals surface area contributed by atoms with Crippen LogP contribution in [0.4, 0.5) is 0 Å². The van der Waals surface area contributed by atoms with Crippen molar-refractivity contribution in [2.24, 2.45) is 5.84 Å². The molecule has 0 aliphatic carbocycles. The zero-order valence-electron chi connectivity index (χ0n) is 11.7. The molecule has 1 fully saturated rings. The Morgan fingerprint density at radius 3 is 2.50 bits per heavy atom. The highest BCUT2D eigenvalue weighted by Gasteiger charge is 2.26. The molecule has 1 unspecified atom stereocenters. The van der Waals surface area contributed by atoms with Crippen molar-refractivity contribution in [2.45, 2.75) is 31.7 Å². The molecule has 1 amide bonds. The Labute approximate surface area is 119 Å². The Balaban J connectivity index is 1.93. The van der Waals surface area contributed by atoms with Crippen LogP contribution < -0.4 is 11.3 Å². The molecule has 0 aromatic heterocycles. The minimum absolute atomic E-state index is 0.137. The van der Waals surface area contributed by atoms with Crippen LogP contribution in [-0.2, 0) is 4.79 Å². The van der Waals surface area contributed by atoms with Crippen LogP contribution in [0, 0.1) is 11.3 Å². The van der Waals surface area contributed by atoms with Crippen LogP contribution in [0.5, 0.6) is 0 Å². The van der Waals surface area contributed by atoms with Crippen molar-refractivity contribution in [3.8, 4) is 6.07 Å². The van der Waals surface area contributed by atoms with Gasteiger partial charge in [0.05, 0.1) is 17.7 Å². The number of likely N-dealkylation sites (tertiary alicyclic amines) is 1. The Morgan fingerprint density at radius 2 is 2.00 bits per heavy atom. The average molecular weight is 272 g/mol. The fourth-order valence-electron chi connectivity index (χ4n) is 2.74. The number of nitrogens with two attached hydrogens (primary N) is 1. The summed E-state index contributed by atoms with van der Waals surface area (Å²) in [5, 5.41) is 8.81. The normalized spacial score (nSPS) is 18.2. The van der Waals surface area contributed by atoms with Gasteiger partial charge in [0, 0.05) is 0 Å². The Kier molecular flexibility index (Phi) is 4.72. The number of nitriles is 1. The molecule has 1 aromatic carbocycles. The van der Waals surface area contributed by atoms with Crippen molar-refractivity contribution in [3.63, 3.8) is 0 Å². The fourth-order valence-corrected chi connectivity index (χ4v) is 2.74. The topological polar surface area (TPSA) is 82.2 Å². The van der Waals surface area contributed by atoms with E-state index in [2.05, 4.69) is 16.4 Å². The molecular formula is C15H20N4O. The van der Waals surface area contributed by atoms with Gasteiger partial charge in [-0.1, -0.05) is 12.1 Å². The molecule has 1 aliphatic rings. The molecule has 1 aliphatic heterocycles. The maximum Gasteiger partial charge on any atom is 0.250 e. The van der Waals surface area contributed by atoms with Gasteiger partial charge in [-0.15, -0.1) is 0 Å². The van der Waals surface area contributed by atoms with Crippen LogP contribution in [0.15, 0.2) is 24.3 Å². The second kappa shape index (κ2) is 6.51. The van der Waals surface area contributed by atoms with Gasteiger partial charge in [0.25, 0.3) is 5.91 Å². The van der Waals surface area contributed by atoms with Gasteiger partial charge in [-0.25, -0.2) is 5.84 Å². The van der Waals surface area contributed by atoms with Gasteiger partial charge in [-0.3, -0.25) is 15.1 Å². The summed E-state index contributed by atoms with van der Waals surface area (Å²) in [6.07, 6.45) is 2.04. The molecule has 3 N–H and O–H groups in total. The van der Waals surface area contributed by atoms with Gasteiger partial charge in [0.2, 0.25) is 0 Å². The van der Waals surface area contributed by atoms with Gasteiger partial charge >= 0.3 is 0 Å². The molecule has 0 radical (unpaired) electrons. The van der Waals surface area contributed by atoms with Crippen LogP contribution >= 0.6 is 0 Å². The van der Waals surface area contributed by atoms with E-state index in [1.807, 2.05) is 31.2 Å². The summed E-state index contributed by atoms with van der Waals surface area (Å²) in [6.45, 7) is 3.66. The van der Waals surface area contributed by atoms with Crippen molar-refractivity contribution in [3.05, 3.63) is 35.4 Å². The van der Waals surface area contributed by atoms with E-state index in [9.17, 15) is 4.79 Å². The van der Waals surface area contributed by atoms with Gasteiger partial charge < -0.3 is 0 Å². The highest BCUT2D eigenvalue weighted by atomic mass is 16.2. The number of rotatable bonds is 3. The minimum atomic E-state index is -0.179. The van der Waals surface area contributed by atoms with Crippen molar-refractivity contribution < 1.29 is 4.79 Å². The number of hydrogen-bond donors (Lipinski definition) is 2. The third kappa shape index (κ3) is 3.16. The van der Waals surface area contributed by atoms with Crippen LogP contribution in [0.25, 0.3) is 0 Å². The fraction of sp³-hybridized carbons (Fsp3) is 0.467. The molecule has 0 saturated carbocycles. The summed E-state index contributed by atoms with van der Waals surface area (Å²) in [4.78, 5) is 13.7. The van der Waals surface area contributed by atoms with Crippen LogP contribution in [0.1, 0.15) is 36.8 Å². The first kappa shape index (κ1) is 14.5. The van der Waals surface area contributed by atoms with Crippen molar-refractivity contribution in [1.82, 2.24) is 10.3 Å². The van der Waals surface area contributed by atoms with Crippen LogP contribution in [0.3, 0.4) is 0 Å². The Morgan fingerprint density at radius 1 is 1.40 bits per heavy atom. The maximum atomic E-state index is 11.5.